The van der Waals surface area contributed by atoms with Crippen molar-refractivity contribution >= 4 is 35.7 Å². The summed E-state index contributed by atoms with van der Waals surface area (Å²) in [5.74, 6) is -0.960. The van der Waals surface area contributed by atoms with Crippen molar-refractivity contribution < 1.29 is 18.8 Å². The highest BCUT2D eigenvalue weighted by molar-refractivity contribution is 7.99. The Balaban J connectivity index is 1.85. The molecule has 1 aliphatic heterocycles. The molecule has 2 aromatic rings. The van der Waals surface area contributed by atoms with Gasteiger partial charge in [0.2, 0.25) is 0 Å². The average molecular weight is 343 g/mol. The first-order chi connectivity index (χ1) is 11.5. The summed E-state index contributed by atoms with van der Waals surface area (Å²) in [5.41, 5.74) is -0.122. The van der Waals surface area contributed by atoms with E-state index in [2.05, 4.69) is 4.98 Å². The second-order valence-corrected chi connectivity index (χ2v) is 6.02. The number of amides is 4. The Labute approximate surface area is 141 Å². The van der Waals surface area contributed by atoms with Gasteiger partial charge < -0.3 is 4.42 Å². The van der Waals surface area contributed by atoms with Crippen molar-refractivity contribution in [1.29, 1.82) is 0 Å². The van der Waals surface area contributed by atoms with Crippen LogP contribution in [0.1, 0.15) is 5.76 Å². The van der Waals surface area contributed by atoms with Gasteiger partial charge in [-0.1, -0.05) is 6.07 Å². The van der Waals surface area contributed by atoms with E-state index in [0.29, 0.717) is 10.9 Å². The maximum absolute atomic E-state index is 12.1. The van der Waals surface area contributed by atoms with Gasteiger partial charge >= 0.3 is 6.03 Å². The van der Waals surface area contributed by atoms with Gasteiger partial charge in [-0.05, 0) is 42.1 Å². The fourth-order valence-electron chi connectivity index (χ4n) is 2.09. The molecule has 4 amide bonds. The molecule has 122 valence electrons. The van der Waals surface area contributed by atoms with Gasteiger partial charge in [-0.2, -0.15) is 0 Å². The van der Waals surface area contributed by atoms with Gasteiger partial charge in [-0.15, -0.1) is 0 Å². The molecule has 1 saturated heterocycles. The second-order valence-electron chi connectivity index (χ2n) is 5.00. The van der Waals surface area contributed by atoms with Gasteiger partial charge in [-0.3, -0.25) is 19.4 Å². The molecule has 2 aromatic heterocycles. The van der Waals surface area contributed by atoms with Gasteiger partial charge in [0.25, 0.3) is 11.8 Å². The molecule has 0 N–H and O–H groups in total. The van der Waals surface area contributed by atoms with Crippen molar-refractivity contribution in [2.45, 2.75) is 10.1 Å². The van der Waals surface area contributed by atoms with Crippen molar-refractivity contribution in [3.63, 3.8) is 0 Å². The summed E-state index contributed by atoms with van der Waals surface area (Å²) in [6.07, 6.45) is 3.02. The maximum Gasteiger partial charge on any atom is 0.333 e. The molecule has 0 spiro atoms. The van der Waals surface area contributed by atoms with Gasteiger partial charge in [0, 0.05) is 20.3 Å². The third kappa shape index (κ3) is 2.95. The molecule has 24 heavy (non-hydrogen) atoms. The van der Waals surface area contributed by atoms with Gasteiger partial charge in [0.1, 0.15) is 16.4 Å². The lowest BCUT2D eigenvalue weighted by Crippen LogP contribution is -2.52. The van der Waals surface area contributed by atoms with Crippen LogP contribution < -0.4 is 0 Å². The highest BCUT2D eigenvalue weighted by Gasteiger charge is 2.38. The van der Waals surface area contributed by atoms with Crippen LogP contribution in [0.5, 0.6) is 0 Å². The van der Waals surface area contributed by atoms with E-state index in [4.69, 9.17) is 4.42 Å². The number of carbonyl (C=O) groups is 3. The number of barbiturate groups is 1. The van der Waals surface area contributed by atoms with Crippen LogP contribution in [0.25, 0.3) is 6.08 Å². The zero-order valence-electron chi connectivity index (χ0n) is 12.9. The molecule has 3 rings (SSSR count). The van der Waals surface area contributed by atoms with Crippen molar-refractivity contribution in [2.75, 3.05) is 14.1 Å². The van der Waals surface area contributed by atoms with Crippen LogP contribution in [0.3, 0.4) is 0 Å². The Morgan fingerprint density at radius 3 is 2.38 bits per heavy atom. The summed E-state index contributed by atoms with van der Waals surface area (Å²) >= 11 is 1.32. The molecule has 0 aliphatic carbocycles. The predicted molar refractivity (Wildman–Crippen MR) is 86.0 cm³/mol. The fraction of sp³-hybridized carbons (Fsp3) is 0.125. The van der Waals surface area contributed by atoms with Crippen LogP contribution in [-0.2, 0) is 9.59 Å². The first-order valence-electron chi connectivity index (χ1n) is 6.98. The van der Waals surface area contributed by atoms with Crippen LogP contribution in [-0.4, -0.2) is 46.7 Å². The average Bonchev–Trinajstić information content (AvgIpc) is 3.03. The highest BCUT2D eigenvalue weighted by Crippen LogP contribution is 2.28. The third-order valence-corrected chi connectivity index (χ3v) is 4.25. The number of pyridine rings is 1. The number of carbonyl (C=O) groups excluding carboxylic acids is 3. The zero-order chi connectivity index (χ0) is 17.3. The summed E-state index contributed by atoms with van der Waals surface area (Å²) < 4.78 is 5.60. The van der Waals surface area contributed by atoms with E-state index in [0.717, 1.165) is 14.8 Å². The summed E-state index contributed by atoms with van der Waals surface area (Å²) in [5, 5.41) is 1.34. The van der Waals surface area contributed by atoms with E-state index in [9.17, 15) is 14.4 Å². The van der Waals surface area contributed by atoms with E-state index in [1.54, 1.807) is 18.3 Å². The molecule has 1 fully saturated rings. The van der Waals surface area contributed by atoms with Gasteiger partial charge in [0.15, 0.2) is 5.09 Å². The molecule has 0 unspecified atom stereocenters. The second kappa shape index (κ2) is 6.32. The number of hydrogen-bond donors (Lipinski definition) is 0. The van der Waals surface area contributed by atoms with Gasteiger partial charge in [-0.25, -0.2) is 9.78 Å². The summed E-state index contributed by atoms with van der Waals surface area (Å²) in [7, 11) is 2.65. The SMILES string of the molecule is CN1C(=O)C(=Cc2ccc(Sc3ccccn3)o2)C(=O)N(C)C1=O. The number of nitrogens with zero attached hydrogens (tertiary/aromatic N) is 3. The Morgan fingerprint density at radius 1 is 1.04 bits per heavy atom. The van der Waals surface area contributed by atoms with Crippen molar-refractivity contribution in [1.82, 2.24) is 14.8 Å². The van der Waals surface area contributed by atoms with Crippen molar-refractivity contribution in [2.24, 2.45) is 0 Å². The minimum atomic E-state index is -0.659. The van der Waals surface area contributed by atoms with Crippen LogP contribution in [0.15, 0.2) is 56.6 Å². The molecular weight excluding hydrogens is 330 g/mol. The third-order valence-electron chi connectivity index (χ3n) is 3.38. The number of likely N-dealkylation sites (N-methyl/N-ethyl adjacent to an activating group) is 2. The monoisotopic (exact) mass is 343 g/mol. The molecule has 0 radical (unpaired) electrons. The molecule has 0 saturated carbocycles. The first-order valence-corrected chi connectivity index (χ1v) is 7.79. The first kappa shape index (κ1) is 16.0. The predicted octanol–water partition coefficient (Wildman–Crippen LogP) is 2.26. The van der Waals surface area contributed by atoms with Crippen molar-refractivity contribution in [3.05, 3.63) is 47.9 Å². The number of imide groups is 2. The molecule has 3 heterocycles. The largest absolute Gasteiger partial charge is 0.450 e. The molecule has 7 nitrogen and oxygen atoms in total. The minimum Gasteiger partial charge on any atom is -0.450 e. The number of hydrogen-bond acceptors (Lipinski definition) is 6. The molecule has 0 aromatic carbocycles. The molecule has 8 heteroatoms. The fourth-order valence-corrected chi connectivity index (χ4v) is 2.83. The summed E-state index contributed by atoms with van der Waals surface area (Å²) in [4.78, 5) is 41.9. The van der Waals surface area contributed by atoms with Crippen molar-refractivity contribution in [3.8, 4) is 0 Å². The van der Waals surface area contributed by atoms with Crippen LogP contribution >= 0.6 is 11.8 Å². The Kier molecular flexibility index (Phi) is 4.22. The zero-order valence-corrected chi connectivity index (χ0v) is 13.7. The maximum atomic E-state index is 12.1. The number of furan rings is 1. The van der Waals surface area contributed by atoms with E-state index in [1.807, 2.05) is 18.2 Å². The van der Waals surface area contributed by atoms with Gasteiger partial charge in [0.05, 0.1) is 0 Å². The molecular formula is C16H13N3O4S. The minimum absolute atomic E-state index is 0.122. The highest BCUT2D eigenvalue weighted by atomic mass is 32.2. The lowest BCUT2D eigenvalue weighted by atomic mass is 10.1. The molecule has 0 bridgehead atoms. The topological polar surface area (TPSA) is 83.7 Å². The van der Waals surface area contributed by atoms with E-state index < -0.39 is 17.8 Å². The smallest absolute Gasteiger partial charge is 0.333 e. The molecule has 1 aliphatic rings. The van der Waals surface area contributed by atoms with E-state index in [1.165, 1.54) is 31.9 Å². The number of urea groups is 1. The number of rotatable bonds is 3. The number of aromatic nitrogens is 1. The lowest BCUT2D eigenvalue weighted by Gasteiger charge is -2.28. The quantitative estimate of drug-likeness (QED) is 0.628. The van der Waals surface area contributed by atoms with E-state index in [-0.39, 0.29) is 5.57 Å². The van der Waals surface area contributed by atoms with Crippen LogP contribution in [0.4, 0.5) is 4.79 Å². The standard InChI is InChI=1S/C16H13N3O4S/c1-18-14(20)11(15(21)19(2)16(18)22)9-10-6-7-13(23-10)24-12-5-3-4-8-17-12/h3-9H,1-2H3. The summed E-state index contributed by atoms with van der Waals surface area (Å²) in [6, 6.07) is 8.24. The normalized spacial score (nSPS) is 15.2. The summed E-state index contributed by atoms with van der Waals surface area (Å²) in [6.45, 7) is 0. The Bertz CT molecular complexity index is 818. The Hall–Kier alpha value is -2.87. The van der Waals surface area contributed by atoms with E-state index >= 15 is 0 Å². The van der Waals surface area contributed by atoms with Crippen LogP contribution in [0.2, 0.25) is 0 Å². The Morgan fingerprint density at radius 2 is 1.75 bits per heavy atom. The van der Waals surface area contributed by atoms with Crippen LogP contribution in [0, 0.1) is 0 Å². The lowest BCUT2D eigenvalue weighted by molar-refractivity contribution is -0.134. The molecule has 0 atom stereocenters.